The van der Waals surface area contributed by atoms with Crippen LogP contribution < -0.4 is 5.32 Å². The Bertz CT molecular complexity index is 1230. The maximum Gasteiger partial charge on any atom is 0.330 e. The summed E-state index contributed by atoms with van der Waals surface area (Å²) in [4.78, 5) is 76.6. The number of amides is 5. The van der Waals surface area contributed by atoms with Crippen molar-refractivity contribution < 1.29 is 33.5 Å². The van der Waals surface area contributed by atoms with Crippen LogP contribution in [0.3, 0.4) is 0 Å². The van der Waals surface area contributed by atoms with E-state index in [2.05, 4.69) is 5.32 Å². The molecule has 2 heterocycles. The lowest BCUT2D eigenvalue weighted by atomic mass is 10.0. The van der Waals surface area contributed by atoms with E-state index in [1.54, 1.807) is 26.0 Å². The number of nitrogens with one attached hydrogen (secondary N) is 1. The van der Waals surface area contributed by atoms with Crippen molar-refractivity contribution >= 4 is 41.2 Å². The first-order chi connectivity index (χ1) is 16.1. The quantitative estimate of drug-likeness (QED) is 0.510. The lowest BCUT2D eigenvalue weighted by Crippen LogP contribution is -2.49. The molecule has 10 nitrogen and oxygen atoms in total. The minimum atomic E-state index is -1.21. The minimum absolute atomic E-state index is 0.160. The van der Waals surface area contributed by atoms with E-state index in [0.717, 1.165) is 9.80 Å². The Morgan fingerprint density at radius 1 is 0.853 bits per heavy atom. The summed E-state index contributed by atoms with van der Waals surface area (Å²) in [5.74, 6) is -4.15. The molecule has 2 aromatic carbocycles. The molecule has 0 unspecified atom stereocenters. The number of benzene rings is 2. The van der Waals surface area contributed by atoms with E-state index in [-0.39, 0.29) is 27.9 Å². The Labute approximate surface area is 194 Å². The van der Waals surface area contributed by atoms with Gasteiger partial charge in [0.15, 0.2) is 6.61 Å². The largest absolute Gasteiger partial charge is 0.454 e. The number of anilines is 1. The Balaban J connectivity index is 1.42. The highest BCUT2D eigenvalue weighted by molar-refractivity contribution is 6.23. The minimum Gasteiger partial charge on any atom is -0.454 e. The summed E-state index contributed by atoms with van der Waals surface area (Å²) >= 11 is 0. The zero-order chi connectivity index (χ0) is 24.7. The van der Waals surface area contributed by atoms with Gasteiger partial charge in [-0.1, -0.05) is 26.0 Å². The van der Waals surface area contributed by atoms with Crippen molar-refractivity contribution in [2.45, 2.75) is 19.9 Å². The van der Waals surface area contributed by atoms with Gasteiger partial charge in [0.25, 0.3) is 29.5 Å². The van der Waals surface area contributed by atoms with Gasteiger partial charge < -0.3 is 10.1 Å². The first-order valence-corrected chi connectivity index (χ1v) is 10.5. The first kappa shape index (κ1) is 22.8. The lowest BCUT2D eigenvalue weighted by Gasteiger charge is -2.27. The first-order valence-electron chi connectivity index (χ1n) is 10.5. The number of rotatable bonds is 6. The molecule has 0 aromatic heterocycles. The van der Waals surface area contributed by atoms with Crippen molar-refractivity contribution in [3.8, 4) is 0 Å². The number of hydrogen-bond donors (Lipinski definition) is 1. The van der Waals surface area contributed by atoms with E-state index in [0.29, 0.717) is 0 Å². The van der Waals surface area contributed by atoms with Crippen molar-refractivity contribution in [3.05, 3.63) is 64.7 Å². The molecule has 4 rings (SSSR count). The standard InChI is InChI=1S/C24H21N3O7/c1-12(2)19(27-22(31)14-6-4-5-7-15(14)23(27)32)24(33)34-11-18(28)25-13-8-9-16-17(10-13)21(30)26(3)20(16)29/h4-10,12,19H,11H2,1-3H3,(H,25,28)/t19-/m0/s1. The molecule has 1 atom stereocenters. The number of carbonyl (C=O) groups is 6. The summed E-state index contributed by atoms with van der Waals surface area (Å²) in [6.45, 7) is 2.65. The molecule has 10 heteroatoms. The molecular weight excluding hydrogens is 442 g/mol. The number of imide groups is 2. The van der Waals surface area contributed by atoms with Crippen LogP contribution in [0.2, 0.25) is 0 Å². The summed E-state index contributed by atoms with van der Waals surface area (Å²) in [7, 11) is 1.36. The average Bonchev–Trinajstić information content (AvgIpc) is 3.18. The second-order valence-electron chi connectivity index (χ2n) is 8.30. The fraction of sp³-hybridized carbons (Fsp3) is 0.250. The molecule has 2 aromatic rings. The molecule has 0 fully saturated rings. The predicted octanol–water partition coefficient (Wildman–Crippen LogP) is 1.71. The number of fused-ring (bicyclic) bond motifs is 2. The van der Waals surface area contributed by atoms with Gasteiger partial charge in [-0.3, -0.25) is 33.8 Å². The maximum absolute atomic E-state index is 12.8. The second kappa shape index (κ2) is 8.54. The summed E-state index contributed by atoms with van der Waals surface area (Å²) in [6, 6.07) is 9.32. The van der Waals surface area contributed by atoms with Crippen LogP contribution in [0.1, 0.15) is 55.3 Å². The number of nitrogens with zero attached hydrogens (tertiary/aromatic N) is 2. The molecule has 34 heavy (non-hydrogen) atoms. The SMILES string of the molecule is CC(C)[C@@H](C(=O)OCC(=O)Nc1ccc2c(c1)C(=O)N(C)C2=O)N1C(=O)c2ccccc2C1=O. The van der Waals surface area contributed by atoms with Crippen molar-refractivity contribution in [2.24, 2.45) is 5.92 Å². The van der Waals surface area contributed by atoms with E-state index < -0.39 is 54.1 Å². The molecular formula is C24H21N3O7. The maximum atomic E-state index is 12.8. The molecule has 0 saturated heterocycles. The zero-order valence-corrected chi connectivity index (χ0v) is 18.7. The van der Waals surface area contributed by atoms with Crippen LogP contribution in [0, 0.1) is 5.92 Å². The average molecular weight is 463 g/mol. The van der Waals surface area contributed by atoms with Crippen molar-refractivity contribution in [1.82, 2.24) is 9.80 Å². The molecule has 0 aliphatic carbocycles. The molecule has 2 aliphatic heterocycles. The van der Waals surface area contributed by atoms with Gasteiger partial charge in [-0.15, -0.1) is 0 Å². The molecule has 0 saturated carbocycles. The van der Waals surface area contributed by atoms with Crippen LogP contribution >= 0.6 is 0 Å². The summed E-state index contributed by atoms with van der Waals surface area (Å²) in [5, 5.41) is 2.50. The summed E-state index contributed by atoms with van der Waals surface area (Å²) in [6.07, 6.45) is 0. The summed E-state index contributed by atoms with van der Waals surface area (Å²) in [5.41, 5.74) is 1.06. The third kappa shape index (κ3) is 3.72. The second-order valence-corrected chi connectivity index (χ2v) is 8.30. The van der Waals surface area contributed by atoms with E-state index in [1.165, 1.54) is 37.4 Å². The van der Waals surface area contributed by atoms with E-state index in [4.69, 9.17) is 4.74 Å². The molecule has 5 amide bonds. The molecule has 1 N–H and O–H groups in total. The number of hydrogen-bond acceptors (Lipinski definition) is 7. The Kier molecular flexibility index (Phi) is 5.74. The van der Waals surface area contributed by atoms with Gasteiger partial charge >= 0.3 is 5.97 Å². The van der Waals surface area contributed by atoms with Crippen LogP contribution in [0.5, 0.6) is 0 Å². The fourth-order valence-electron chi connectivity index (χ4n) is 3.99. The van der Waals surface area contributed by atoms with Crippen molar-refractivity contribution in [2.75, 3.05) is 19.0 Å². The third-order valence-electron chi connectivity index (χ3n) is 5.70. The van der Waals surface area contributed by atoms with E-state index >= 15 is 0 Å². The molecule has 0 radical (unpaired) electrons. The fourth-order valence-corrected chi connectivity index (χ4v) is 3.99. The van der Waals surface area contributed by atoms with Gasteiger partial charge in [-0.05, 0) is 36.2 Å². The van der Waals surface area contributed by atoms with Crippen LogP contribution in [0.15, 0.2) is 42.5 Å². The number of esters is 1. The van der Waals surface area contributed by atoms with Gasteiger partial charge in [-0.2, -0.15) is 0 Å². The monoisotopic (exact) mass is 463 g/mol. The van der Waals surface area contributed by atoms with Crippen LogP contribution in [-0.4, -0.2) is 65.0 Å². The molecule has 0 spiro atoms. The highest BCUT2D eigenvalue weighted by atomic mass is 16.5. The lowest BCUT2D eigenvalue weighted by molar-refractivity contribution is -0.152. The summed E-state index contributed by atoms with van der Waals surface area (Å²) < 4.78 is 5.13. The zero-order valence-electron chi connectivity index (χ0n) is 18.7. The van der Waals surface area contributed by atoms with Gasteiger partial charge in [0.1, 0.15) is 6.04 Å². The highest BCUT2D eigenvalue weighted by Gasteiger charge is 2.44. The van der Waals surface area contributed by atoms with Gasteiger partial charge in [0.05, 0.1) is 22.3 Å². The Hall–Kier alpha value is -4.34. The van der Waals surface area contributed by atoms with Crippen LogP contribution in [-0.2, 0) is 14.3 Å². The van der Waals surface area contributed by atoms with Gasteiger partial charge in [0, 0.05) is 12.7 Å². The Morgan fingerprint density at radius 2 is 1.41 bits per heavy atom. The molecule has 0 bridgehead atoms. The molecule has 2 aliphatic rings. The van der Waals surface area contributed by atoms with E-state index in [1.807, 2.05) is 0 Å². The van der Waals surface area contributed by atoms with Crippen molar-refractivity contribution in [1.29, 1.82) is 0 Å². The normalized spacial score (nSPS) is 15.5. The van der Waals surface area contributed by atoms with Gasteiger partial charge in [0.2, 0.25) is 0 Å². The topological polar surface area (TPSA) is 130 Å². The number of carbonyl (C=O) groups excluding carboxylic acids is 6. The Morgan fingerprint density at radius 3 is 2.00 bits per heavy atom. The van der Waals surface area contributed by atoms with Crippen LogP contribution in [0.4, 0.5) is 5.69 Å². The third-order valence-corrected chi connectivity index (χ3v) is 5.70. The van der Waals surface area contributed by atoms with E-state index in [9.17, 15) is 28.8 Å². The van der Waals surface area contributed by atoms with Crippen molar-refractivity contribution in [3.63, 3.8) is 0 Å². The van der Waals surface area contributed by atoms with Gasteiger partial charge in [-0.25, -0.2) is 4.79 Å². The predicted molar refractivity (Wildman–Crippen MR) is 118 cm³/mol. The van der Waals surface area contributed by atoms with Crippen LogP contribution in [0.25, 0.3) is 0 Å². The highest BCUT2D eigenvalue weighted by Crippen LogP contribution is 2.28. The number of ether oxygens (including phenoxy) is 1. The smallest absolute Gasteiger partial charge is 0.330 e. The molecule has 174 valence electrons.